The van der Waals surface area contributed by atoms with Crippen molar-refractivity contribution in [1.82, 2.24) is 4.90 Å². The van der Waals surface area contributed by atoms with E-state index in [4.69, 9.17) is 4.74 Å². The summed E-state index contributed by atoms with van der Waals surface area (Å²) in [5.74, 6) is 0. The Morgan fingerprint density at radius 3 is 2.12 bits per heavy atom. The summed E-state index contributed by atoms with van der Waals surface area (Å²) in [5.41, 5.74) is 2.08. The van der Waals surface area contributed by atoms with Crippen LogP contribution in [-0.2, 0) is 24.4 Å². The summed E-state index contributed by atoms with van der Waals surface area (Å²) in [6.45, 7) is 1.38. The monoisotopic (exact) mass is 337 g/mol. The SMILES string of the molecule is O=C(OCc1ccccc1)N(Cc1ccccc1)Cc1cccs1. The standard InChI is InChI=1S/C20H19NO2S/c22-20(23-16-18-10-5-2-6-11-18)21(15-19-12-7-13-24-19)14-17-8-3-1-4-9-17/h1-13H,14-16H2. The molecular formula is C20H19NO2S. The van der Waals surface area contributed by atoms with Crippen molar-refractivity contribution in [3.63, 3.8) is 0 Å². The van der Waals surface area contributed by atoms with Crippen LogP contribution in [0.5, 0.6) is 0 Å². The zero-order chi connectivity index (χ0) is 16.6. The number of thiophene rings is 1. The van der Waals surface area contributed by atoms with Gasteiger partial charge in [0, 0.05) is 11.4 Å². The lowest BCUT2D eigenvalue weighted by Gasteiger charge is -2.22. The van der Waals surface area contributed by atoms with Crippen molar-refractivity contribution >= 4 is 17.4 Å². The molecule has 0 saturated carbocycles. The second-order valence-corrected chi connectivity index (χ2v) is 6.49. The minimum atomic E-state index is -0.295. The van der Waals surface area contributed by atoms with Gasteiger partial charge in [-0.1, -0.05) is 66.7 Å². The van der Waals surface area contributed by atoms with E-state index in [2.05, 4.69) is 0 Å². The van der Waals surface area contributed by atoms with Gasteiger partial charge in [0.1, 0.15) is 6.61 Å². The molecule has 122 valence electrons. The highest BCUT2D eigenvalue weighted by Gasteiger charge is 2.16. The van der Waals surface area contributed by atoms with E-state index in [1.54, 1.807) is 16.2 Å². The lowest BCUT2D eigenvalue weighted by molar-refractivity contribution is 0.0914. The number of rotatable bonds is 6. The summed E-state index contributed by atoms with van der Waals surface area (Å²) in [7, 11) is 0. The van der Waals surface area contributed by atoms with E-state index in [9.17, 15) is 4.79 Å². The summed E-state index contributed by atoms with van der Waals surface area (Å²) in [6.07, 6.45) is -0.295. The fourth-order valence-electron chi connectivity index (χ4n) is 2.39. The van der Waals surface area contributed by atoms with Crippen molar-refractivity contribution < 1.29 is 9.53 Å². The summed E-state index contributed by atoms with van der Waals surface area (Å²) in [6, 6.07) is 23.7. The molecule has 2 aromatic carbocycles. The van der Waals surface area contributed by atoms with Gasteiger partial charge in [-0.05, 0) is 22.6 Å². The molecule has 0 radical (unpaired) electrons. The molecule has 0 atom stereocenters. The lowest BCUT2D eigenvalue weighted by atomic mass is 10.2. The Bertz CT molecular complexity index is 742. The number of hydrogen-bond acceptors (Lipinski definition) is 3. The molecule has 0 spiro atoms. The molecule has 1 amide bonds. The molecule has 0 aliphatic heterocycles. The van der Waals surface area contributed by atoms with Crippen LogP contribution in [0.25, 0.3) is 0 Å². The molecule has 0 unspecified atom stereocenters. The predicted octanol–water partition coefficient (Wildman–Crippen LogP) is 5.09. The maximum Gasteiger partial charge on any atom is 0.410 e. The van der Waals surface area contributed by atoms with Crippen LogP contribution in [0, 0.1) is 0 Å². The van der Waals surface area contributed by atoms with Crippen molar-refractivity contribution in [2.24, 2.45) is 0 Å². The Labute approximate surface area is 146 Å². The summed E-state index contributed by atoms with van der Waals surface area (Å²) < 4.78 is 5.50. The Morgan fingerprint density at radius 2 is 1.50 bits per heavy atom. The molecule has 0 aliphatic rings. The van der Waals surface area contributed by atoms with Crippen LogP contribution in [-0.4, -0.2) is 11.0 Å². The zero-order valence-corrected chi connectivity index (χ0v) is 14.1. The van der Waals surface area contributed by atoms with E-state index in [0.717, 1.165) is 16.0 Å². The number of nitrogens with zero attached hydrogens (tertiary/aromatic N) is 1. The molecule has 0 N–H and O–H groups in total. The van der Waals surface area contributed by atoms with Crippen molar-refractivity contribution in [1.29, 1.82) is 0 Å². The summed E-state index contributed by atoms with van der Waals surface area (Å²) in [5, 5.41) is 2.02. The van der Waals surface area contributed by atoms with Crippen molar-refractivity contribution in [3.8, 4) is 0 Å². The van der Waals surface area contributed by atoms with Gasteiger partial charge >= 0.3 is 6.09 Å². The first-order valence-electron chi connectivity index (χ1n) is 7.83. The fourth-order valence-corrected chi connectivity index (χ4v) is 3.11. The lowest BCUT2D eigenvalue weighted by Crippen LogP contribution is -2.30. The van der Waals surface area contributed by atoms with E-state index in [1.807, 2.05) is 78.2 Å². The molecule has 0 bridgehead atoms. The smallest absolute Gasteiger partial charge is 0.410 e. The minimum absolute atomic E-state index is 0.287. The van der Waals surface area contributed by atoms with E-state index in [0.29, 0.717) is 13.1 Å². The molecule has 24 heavy (non-hydrogen) atoms. The van der Waals surface area contributed by atoms with E-state index < -0.39 is 0 Å². The third-order valence-electron chi connectivity index (χ3n) is 3.61. The van der Waals surface area contributed by atoms with Crippen LogP contribution in [0.4, 0.5) is 4.79 Å². The third-order valence-corrected chi connectivity index (χ3v) is 4.47. The molecule has 0 aliphatic carbocycles. The number of ether oxygens (including phenoxy) is 1. The van der Waals surface area contributed by atoms with Gasteiger partial charge in [0.2, 0.25) is 0 Å². The second-order valence-electron chi connectivity index (χ2n) is 5.46. The highest BCUT2D eigenvalue weighted by Crippen LogP contribution is 2.16. The molecule has 3 nitrogen and oxygen atoms in total. The van der Waals surface area contributed by atoms with Gasteiger partial charge in [-0.2, -0.15) is 0 Å². The molecule has 3 rings (SSSR count). The van der Waals surface area contributed by atoms with E-state index in [-0.39, 0.29) is 12.7 Å². The maximum absolute atomic E-state index is 12.6. The molecule has 1 aromatic heterocycles. The first kappa shape index (κ1) is 16.3. The number of benzene rings is 2. The van der Waals surface area contributed by atoms with E-state index in [1.165, 1.54) is 0 Å². The Balaban J connectivity index is 1.67. The van der Waals surface area contributed by atoms with Crippen molar-refractivity contribution in [2.45, 2.75) is 19.7 Å². The van der Waals surface area contributed by atoms with Crippen LogP contribution in [0.2, 0.25) is 0 Å². The molecule has 4 heteroatoms. The Morgan fingerprint density at radius 1 is 0.833 bits per heavy atom. The van der Waals surface area contributed by atoms with E-state index >= 15 is 0 Å². The van der Waals surface area contributed by atoms with Crippen LogP contribution >= 0.6 is 11.3 Å². The molecule has 3 aromatic rings. The van der Waals surface area contributed by atoms with Crippen LogP contribution in [0.1, 0.15) is 16.0 Å². The van der Waals surface area contributed by atoms with Crippen molar-refractivity contribution in [3.05, 3.63) is 94.2 Å². The number of carbonyl (C=O) groups is 1. The highest BCUT2D eigenvalue weighted by atomic mass is 32.1. The van der Waals surface area contributed by atoms with Crippen LogP contribution in [0.3, 0.4) is 0 Å². The summed E-state index contributed by atoms with van der Waals surface area (Å²) in [4.78, 5) is 15.4. The average Bonchev–Trinajstić information content (AvgIpc) is 3.14. The summed E-state index contributed by atoms with van der Waals surface area (Å²) >= 11 is 1.64. The molecule has 1 heterocycles. The first-order valence-corrected chi connectivity index (χ1v) is 8.71. The van der Waals surface area contributed by atoms with Gasteiger partial charge in [0.25, 0.3) is 0 Å². The van der Waals surface area contributed by atoms with Gasteiger partial charge in [-0.25, -0.2) is 4.79 Å². The minimum Gasteiger partial charge on any atom is -0.445 e. The van der Waals surface area contributed by atoms with Crippen LogP contribution < -0.4 is 0 Å². The van der Waals surface area contributed by atoms with Crippen molar-refractivity contribution in [2.75, 3.05) is 0 Å². The topological polar surface area (TPSA) is 29.5 Å². The van der Waals surface area contributed by atoms with Crippen LogP contribution in [0.15, 0.2) is 78.2 Å². The van der Waals surface area contributed by atoms with Gasteiger partial charge in [0.15, 0.2) is 0 Å². The maximum atomic E-state index is 12.6. The number of hydrogen-bond donors (Lipinski definition) is 0. The molecule has 0 saturated heterocycles. The third kappa shape index (κ3) is 4.70. The largest absolute Gasteiger partial charge is 0.445 e. The fraction of sp³-hybridized carbons (Fsp3) is 0.150. The van der Waals surface area contributed by atoms with Gasteiger partial charge in [-0.15, -0.1) is 11.3 Å². The van der Waals surface area contributed by atoms with Gasteiger partial charge in [0.05, 0.1) is 6.54 Å². The van der Waals surface area contributed by atoms with Gasteiger partial charge in [-0.3, -0.25) is 4.90 Å². The number of carbonyl (C=O) groups excluding carboxylic acids is 1. The normalized spacial score (nSPS) is 10.3. The second kappa shape index (κ2) is 8.31. The number of amides is 1. The quantitative estimate of drug-likeness (QED) is 0.627. The first-order chi connectivity index (χ1) is 11.8. The zero-order valence-electron chi connectivity index (χ0n) is 13.3. The predicted molar refractivity (Wildman–Crippen MR) is 96.6 cm³/mol. The Kier molecular flexibility index (Phi) is 5.64. The average molecular weight is 337 g/mol. The van der Waals surface area contributed by atoms with Gasteiger partial charge < -0.3 is 4.74 Å². The Hall–Kier alpha value is -2.59. The molecular weight excluding hydrogens is 318 g/mol. The molecule has 0 fully saturated rings. The highest BCUT2D eigenvalue weighted by molar-refractivity contribution is 7.09.